The molecule has 13 heteroatoms. The predicted octanol–water partition coefficient (Wildman–Crippen LogP) is 2.81. The van der Waals surface area contributed by atoms with Crippen molar-refractivity contribution >= 4 is 34.7 Å². The lowest BCUT2D eigenvalue weighted by Gasteiger charge is -2.34. The van der Waals surface area contributed by atoms with Crippen LogP contribution in [0, 0.1) is 0 Å². The van der Waals surface area contributed by atoms with Gasteiger partial charge in [-0.15, -0.1) is 0 Å². The Labute approximate surface area is 212 Å². The first-order valence-electron chi connectivity index (χ1n) is 12.3. The van der Waals surface area contributed by atoms with Gasteiger partial charge in [-0.05, 0) is 30.5 Å². The Morgan fingerprint density at radius 2 is 1.92 bits per heavy atom. The average molecular weight is 513 g/mol. The van der Waals surface area contributed by atoms with Crippen molar-refractivity contribution in [1.29, 1.82) is 0 Å². The Morgan fingerprint density at radius 3 is 2.65 bits per heavy atom. The molecule has 5 rings (SSSR count). The van der Waals surface area contributed by atoms with Crippen molar-refractivity contribution in [3.63, 3.8) is 0 Å². The van der Waals surface area contributed by atoms with Crippen molar-refractivity contribution in [2.45, 2.75) is 25.0 Å². The Balaban J connectivity index is 1.28. The van der Waals surface area contributed by atoms with Crippen molar-refractivity contribution in [3.8, 4) is 0 Å². The third-order valence-corrected chi connectivity index (χ3v) is 6.74. The number of amides is 3. The smallest absolute Gasteiger partial charge is 0.407 e. The molecule has 1 unspecified atom stereocenters. The molecule has 3 N–H and O–H groups in total. The van der Waals surface area contributed by atoms with Crippen LogP contribution in [0.1, 0.15) is 30.6 Å². The molecule has 2 aromatic heterocycles. The number of halogens is 1. The maximum Gasteiger partial charge on any atom is 0.407 e. The summed E-state index contributed by atoms with van der Waals surface area (Å²) in [6.07, 6.45) is 3.62. The minimum Gasteiger partial charge on any atom is -0.465 e. The van der Waals surface area contributed by atoms with Crippen molar-refractivity contribution in [3.05, 3.63) is 42.4 Å². The summed E-state index contributed by atoms with van der Waals surface area (Å²) in [6, 6.07) is 7.00. The maximum absolute atomic E-state index is 12.2. The number of nitrogens with one attached hydrogen (secondary N) is 2. The molecule has 2 aliphatic heterocycles. The number of nitrogens with zero attached hydrogens (tertiary/aromatic N) is 6. The van der Waals surface area contributed by atoms with Crippen molar-refractivity contribution < 1.29 is 23.8 Å². The number of benzene rings is 1. The van der Waals surface area contributed by atoms with Gasteiger partial charge in [0.1, 0.15) is 24.9 Å². The number of rotatable bonds is 6. The molecule has 0 spiro atoms. The number of carboxylic acid groups (broad SMARTS) is 1. The normalized spacial score (nSPS) is 18.7. The molecule has 4 heterocycles. The Morgan fingerprint density at radius 1 is 1.14 bits per heavy atom. The number of piperidine rings is 1. The summed E-state index contributed by atoms with van der Waals surface area (Å²) in [5.74, 6) is 0.787. The van der Waals surface area contributed by atoms with Crippen LogP contribution in [0.4, 0.5) is 25.5 Å². The van der Waals surface area contributed by atoms with Crippen LogP contribution in [0.3, 0.4) is 0 Å². The van der Waals surface area contributed by atoms with Crippen molar-refractivity contribution in [2.24, 2.45) is 0 Å². The van der Waals surface area contributed by atoms with E-state index in [-0.39, 0.29) is 18.7 Å². The number of alkyl halides is 1. The molecule has 3 amide bonds. The predicted molar refractivity (Wildman–Crippen MR) is 134 cm³/mol. The molecule has 0 aliphatic carbocycles. The van der Waals surface area contributed by atoms with Gasteiger partial charge in [0.25, 0.3) is 0 Å². The number of hydrogen-bond acceptors (Lipinski definition) is 7. The quantitative estimate of drug-likeness (QED) is 0.459. The molecule has 37 heavy (non-hydrogen) atoms. The summed E-state index contributed by atoms with van der Waals surface area (Å²) in [5.41, 5.74) is 2.31. The number of ether oxygens (including phenoxy) is 1. The van der Waals surface area contributed by atoms with Gasteiger partial charge in [0, 0.05) is 38.4 Å². The minimum absolute atomic E-state index is 0.0329. The zero-order valence-corrected chi connectivity index (χ0v) is 20.2. The van der Waals surface area contributed by atoms with Gasteiger partial charge >= 0.3 is 12.1 Å². The third kappa shape index (κ3) is 5.40. The number of morpholine rings is 1. The number of aromatic nitrogens is 4. The molecular formula is C24H29FN8O4. The van der Waals surface area contributed by atoms with E-state index in [4.69, 9.17) is 4.74 Å². The van der Waals surface area contributed by atoms with Gasteiger partial charge in [0.15, 0.2) is 5.65 Å². The van der Waals surface area contributed by atoms with Crippen LogP contribution in [0.5, 0.6) is 0 Å². The second-order valence-electron chi connectivity index (χ2n) is 9.02. The van der Waals surface area contributed by atoms with Crippen LogP contribution in [0.25, 0.3) is 11.0 Å². The SMILES string of the molecule is O=C(NCCF)Nc1ccc(C2CN(c3ncnc4c3cnn4C3CCN(C(=O)O)CC3)CCO2)cc1. The highest BCUT2D eigenvalue weighted by Crippen LogP contribution is 2.32. The first kappa shape index (κ1) is 24.7. The van der Waals surface area contributed by atoms with Crippen molar-refractivity contribution in [1.82, 2.24) is 30.0 Å². The van der Waals surface area contributed by atoms with Gasteiger partial charge in [-0.1, -0.05) is 12.1 Å². The fraction of sp³-hybridized carbons (Fsp3) is 0.458. The van der Waals surface area contributed by atoms with Crippen molar-refractivity contribution in [2.75, 3.05) is 56.2 Å². The van der Waals surface area contributed by atoms with E-state index < -0.39 is 18.8 Å². The van der Waals surface area contributed by atoms with E-state index in [0.717, 1.165) is 22.4 Å². The summed E-state index contributed by atoms with van der Waals surface area (Å²) in [6.45, 7) is 2.06. The molecule has 2 fully saturated rings. The van der Waals surface area contributed by atoms with Crippen LogP contribution in [-0.2, 0) is 4.74 Å². The molecule has 0 saturated carbocycles. The van der Waals surface area contributed by atoms with Crippen LogP contribution in [-0.4, -0.2) is 87.9 Å². The zero-order valence-electron chi connectivity index (χ0n) is 20.2. The van der Waals surface area contributed by atoms with E-state index in [1.807, 2.05) is 16.8 Å². The average Bonchev–Trinajstić information content (AvgIpc) is 3.37. The summed E-state index contributed by atoms with van der Waals surface area (Å²) >= 11 is 0. The monoisotopic (exact) mass is 512 g/mol. The van der Waals surface area contributed by atoms with E-state index in [0.29, 0.717) is 51.3 Å². The molecule has 0 bridgehead atoms. The van der Waals surface area contributed by atoms with Gasteiger partial charge in [-0.25, -0.2) is 28.6 Å². The topological polar surface area (TPSA) is 138 Å². The maximum atomic E-state index is 12.2. The molecule has 2 saturated heterocycles. The van der Waals surface area contributed by atoms with Gasteiger partial charge < -0.3 is 30.3 Å². The number of fused-ring (bicyclic) bond motifs is 1. The largest absolute Gasteiger partial charge is 0.465 e. The Kier molecular flexibility index (Phi) is 7.30. The molecule has 1 atom stereocenters. The van der Waals surface area contributed by atoms with Crippen LogP contribution < -0.4 is 15.5 Å². The second kappa shape index (κ2) is 10.9. The molecule has 0 radical (unpaired) electrons. The lowest BCUT2D eigenvalue weighted by atomic mass is 10.1. The lowest BCUT2D eigenvalue weighted by Crippen LogP contribution is -2.39. The summed E-state index contributed by atoms with van der Waals surface area (Å²) in [4.78, 5) is 35.6. The van der Waals surface area contributed by atoms with Crippen LogP contribution in [0.2, 0.25) is 0 Å². The fourth-order valence-corrected chi connectivity index (χ4v) is 4.83. The van der Waals surface area contributed by atoms with Gasteiger partial charge in [0.05, 0.1) is 24.2 Å². The van der Waals surface area contributed by atoms with Gasteiger partial charge in [-0.2, -0.15) is 5.10 Å². The van der Waals surface area contributed by atoms with E-state index in [9.17, 15) is 19.1 Å². The summed E-state index contributed by atoms with van der Waals surface area (Å²) < 4.78 is 20.2. The van der Waals surface area contributed by atoms with E-state index in [1.165, 1.54) is 4.90 Å². The highest BCUT2D eigenvalue weighted by Gasteiger charge is 2.28. The summed E-state index contributed by atoms with van der Waals surface area (Å²) in [7, 11) is 0. The second-order valence-corrected chi connectivity index (χ2v) is 9.02. The molecular weight excluding hydrogens is 483 g/mol. The Hall–Kier alpha value is -4.00. The lowest BCUT2D eigenvalue weighted by molar-refractivity contribution is 0.0396. The molecule has 2 aliphatic rings. The third-order valence-electron chi connectivity index (χ3n) is 6.74. The zero-order chi connectivity index (χ0) is 25.8. The number of hydrogen-bond donors (Lipinski definition) is 3. The van der Waals surface area contributed by atoms with E-state index in [2.05, 4.69) is 30.6 Å². The number of carbonyl (C=O) groups is 2. The number of carbonyl (C=O) groups excluding carboxylic acids is 1. The number of anilines is 2. The van der Waals surface area contributed by atoms with Gasteiger partial charge in [-0.3, -0.25) is 0 Å². The van der Waals surface area contributed by atoms with Crippen LogP contribution >= 0.6 is 0 Å². The number of urea groups is 1. The molecule has 196 valence electrons. The first-order chi connectivity index (χ1) is 18.0. The Bertz CT molecular complexity index is 1250. The van der Waals surface area contributed by atoms with Gasteiger partial charge in [0.2, 0.25) is 0 Å². The molecule has 1 aromatic carbocycles. The summed E-state index contributed by atoms with van der Waals surface area (Å²) in [5, 5.41) is 19.8. The van der Waals surface area contributed by atoms with E-state index in [1.54, 1.807) is 24.7 Å². The highest BCUT2D eigenvalue weighted by atomic mass is 19.1. The fourth-order valence-electron chi connectivity index (χ4n) is 4.83. The standard InChI is InChI=1S/C24H29FN8O4/c25-7-8-26-23(34)30-17-3-1-16(2-4-17)20-14-32(11-12-37-20)21-19-13-29-33(22(19)28-15-27-21)18-5-9-31(10-6-18)24(35)36/h1-4,13,15,18,20H,5-12,14H2,(H,35,36)(H2,26,30,34). The highest BCUT2D eigenvalue weighted by molar-refractivity contribution is 5.89. The van der Waals surface area contributed by atoms with Crippen LogP contribution in [0.15, 0.2) is 36.8 Å². The first-order valence-corrected chi connectivity index (χ1v) is 12.3. The minimum atomic E-state index is -0.889. The molecule has 3 aromatic rings. The number of likely N-dealkylation sites (tertiary alicyclic amines) is 1. The molecule has 12 nitrogen and oxygen atoms in total. The van der Waals surface area contributed by atoms with E-state index >= 15 is 0 Å².